The van der Waals surface area contributed by atoms with Crippen molar-refractivity contribution in [1.29, 1.82) is 10.5 Å². The highest BCUT2D eigenvalue weighted by molar-refractivity contribution is 9.09. The van der Waals surface area contributed by atoms with E-state index in [2.05, 4.69) is 61.0 Å². The molecule has 4 aromatic heterocycles. The summed E-state index contributed by atoms with van der Waals surface area (Å²) in [7, 11) is 0. The molecule has 55 heavy (non-hydrogen) atoms. The number of alkyl halides is 1. The zero-order valence-electron chi connectivity index (χ0n) is 29.9. The number of nitrogens with one attached hydrogen (secondary N) is 1. The number of nitrogens with zero attached hydrogens (tertiary/aromatic N) is 9. The Morgan fingerprint density at radius 1 is 0.655 bits per heavy atom. The molecule has 8 rings (SSSR count). The highest BCUT2D eigenvalue weighted by atomic mass is 79.9. The normalized spacial score (nSPS) is 13.1. The molecule has 6 heterocycles. The highest BCUT2D eigenvalue weighted by Gasteiger charge is 2.18. The van der Waals surface area contributed by atoms with Crippen LogP contribution in [0.5, 0.6) is 0 Å². The van der Waals surface area contributed by atoms with Crippen molar-refractivity contribution >= 4 is 37.7 Å². The smallest absolute Gasteiger partial charge is 0.261 e. The van der Waals surface area contributed by atoms with Gasteiger partial charge >= 0.3 is 0 Å². The molecule has 0 radical (unpaired) electrons. The molecule has 0 bridgehead atoms. The Kier molecular flexibility index (Phi) is 13.2. The number of benzene rings is 2. The van der Waals surface area contributed by atoms with Gasteiger partial charge in [0.2, 0.25) is 0 Å². The third-order valence-electron chi connectivity index (χ3n) is 8.75. The van der Waals surface area contributed by atoms with Gasteiger partial charge in [-0.1, -0.05) is 39.9 Å². The minimum absolute atomic E-state index is 0.0296. The number of fused-ring (bicyclic) bond motifs is 4. The van der Waals surface area contributed by atoms with Gasteiger partial charge in [0.15, 0.2) is 0 Å². The largest absolute Gasteiger partial charge is 0.315 e. The molecule has 0 atom stereocenters. The Morgan fingerprint density at radius 2 is 1.22 bits per heavy atom. The van der Waals surface area contributed by atoms with Gasteiger partial charge in [0, 0.05) is 75.6 Å². The molecule has 0 fully saturated rings. The summed E-state index contributed by atoms with van der Waals surface area (Å²) in [4.78, 5) is 45.4. The molecular weight excluding hydrogens is 756 g/mol. The fraction of sp³-hybridized carbons (Fsp3) is 0.238. The molecule has 2 aliphatic rings. The molecular formula is C42H35BrN10O2. The number of hydrogen-bond acceptors (Lipinski definition) is 10. The Bertz CT molecular complexity index is 2640. The van der Waals surface area contributed by atoms with Crippen LogP contribution in [0.1, 0.15) is 34.2 Å². The third kappa shape index (κ3) is 9.94. The fourth-order valence-corrected chi connectivity index (χ4v) is 6.06. The summed E-state index contributed by atoms with van der Waals surface area (Å²) >= 11 is 2.89. The molecule has 1 N–H and O–H groups in total. The molecule has 0 amide bonds. The quantitative estimate of drug-likeness (QED) is 0.148. The molecule has 0 saturated carbocycles. The van der Waals surface area contributed by atoms with Crippen molar-refractivity contribution in [2.75, 3.05) is 38.1 Å². The molecule has 12 nitrogen and oxygen atoms in total. The molecule has 2 aromatic carbocycles. The van der Waals surface area contributed by atoms with E-state index in [0.717, 1.165) is 54.5 Å². The summed E-state index contributed by atoms with van der Waals surface area (Å²) in [6.45, 7) is 4.64. The van der Waals surface area contributed by atoms with Gasteiger partial charge in [-0.15, -0.1) is 0 Å². The molecule has 6 aromatic rings. The lowest BCUT2D eigenvalue weighted by Gasteiger charge is -2.14. The maximum Gasteiger partial charge on any atom is 0.261 e. The lowest BCUT2D eigenvalue weighted by atomic mass is 10.1. The number of hydrogen-bond donors (Lipinski definition) is 1. The van der Waals surface area contributed by atoms with Gasteiger partial charge in [-0.3, -0.25) is 23.6 Å². The molecule has 272 valence electrons. The van der Waals surface area contributed by atoms with Gasteiger partial charge in [0.05, 0.1) is 45.8 Å². The number of aromatic nitrogens is 6. The summed E-state index contributed by atoms with van der Waals surface area (Å²) in [5.74, 6) is 13.8. The number of rotatable bonds is 1. The second-order valence-corrected chi connectivity index (χ2v) is 12.9. The van der Waals surface area contributed by atoms with Gasteiger partial charge in [0.25, 0.3) is 11.1 Å². The minimum Gasteiger partial charge on any atom is -0.315 e. The first kappa shape index (κ1) is 38.3. The van der Waals surface area contributed by atoms with Gasteiger partial charge in [-0.05, 0) is 72.5 Å². The van der Waals surface area contributed by atoms with Crippen LogP contribution in [-0.4, -0.2) is 72.0 Å². The average molecular weight is 792 g/mol. The third-order valence-corrected chi connectivity index (χ3v) is 9.00. The molecule has 13 heteroatoms. The molecule has 0 unspecified atom stereocenters. The number of halogens is 1. The topological polar surface area (TPSA) is 158 Å². The van der Waals surface area contributed by atoms with E-state index in [1.54, 1.807) is 27.6 Å². The van der Waals surface area contributed by atoms with E-state index in [1.807, 2.05) is 77.7 Å². The lowest BCUT2D eigenvalue weighted by Crippen LogP contribution is -2.29. The monoisotopic (exact) mass is 790 g/mol. The van der Waals surface area contributed by atoms with Crippen molar-refractivity contribution in [3.8, 4) is 35.8 Å². The van der Waals surface area contributed by atoms with Crippen LogP contribution >= 0.6 is 15.9 Å². The first-order valence-electron chi connectivity index (χ1n) is 17.6. The number of pyridine rings is 2. The maximum absolute atomic E-state index is 12.9. The second kappa shape index (κ2) is 19.0. The predicted molar refractivity (Wildman–Crippen MR) is 214 cm³/mol. The van der Waals surface area contributed by atoms with E-state index in [9.17, 15) is 9.59 Å². The van der Waals surface area contributed by atoms with Crippen LogP contribution in [0, 0.1) is 46.3 Å². The molecule has 2 aliphatic heterocycles. The Hall–Kier alpha value is -6.48. The number of nitriles is 2. The zero-order chi connectivity index (χ0) is 38.4. The van der Waals surface area contributed by atoms with Crippen LogP contribution in [-0.2, 0) is 25.9 Å². The van der Waals surface area contributed by atoms with Crippen LogP contribution in [0.25, 0.3) is 21.8 Å². The van der Waals surface area contributed by atoms with Crippen LogP contribution in [0.4, 0.5) is 0 Å². The van der Waals surface area contributed by atoms with Crippen LogP contribution < -0.4 is 16.4 Å². The van der Waals surface area contributed by atoms with Gasteiger partial charge in [-0.2, -0.15) is 10.5 Å². The average Bonchev–Trinajstić information content (AvgIpc) is 3.59. The van der Waals surface area contributed by atoms with E-state index < -0.39 is 0 Å². The standard InChI is InChI=1S/C21H17N5O.C19H16N4O.C2H2BrN/c22-9-12-25-11-8-20-24-19-15-16(4-6-17-3-1-2-10-23-17)5-7-18(19)21(27)26(20)14-13-25;24-19-16-7-5-14(4-6-15-3-1-2-9-21-15)13-17(16)22-18-8-10-20-11-12-23(18)19;3-1-2-4/h1-3,5,7,10,15H,8,11-14H2;1-3,5,7,9,13,20H,8,10-12H2;1H2. The van der Waals surface area contributed by atoms with E-state index in [0.29, 0.717) is 65.4 Å². The molecule has 0 spiro atoms. The van der Waals surface area contributed by atoms with E-state index in [4.69, 9.17) is 20.5 Å². The summed E-state index contributed by atoms with van der Waals surface area (Å²) in [6, 6.07) is 26.3. The van der Waals surface area contributed by atoms with E-state index in [-0.39, 0.29) is 11.1 Å². The first-order chi connectivity index (χ1) is 27.0. The summed E-state index contributed by atoms with van der Waals surface area (Å²) in [5, 5.41) is 21.5. The van der Waals surface area contributed by atoms with Gasteiger partial charge < -0.3 is 5.32 Å². The van der Waals surface area contributed by atoms with Gasteiger partial charge in [-0.25, -0.2) is 19.9 Å². The van der Waals surface area contributed by atoms with E-state index in [1.165, 1.54) is 0 Å². The second-order valence-electron chi connectivity index (χ2n) is 12.3. The van der Waals surface area contributed by atoms with Crippen molar-refractivity contribution in [3.63, 3.8) is 0 Å². The Labute approximate surface area is 326 Å². The van der Waals surface area contributed by atoms with Crippen LogP contribution in [0.15, 0.2) is 94.8 Å². The Morgan fingerprint density at radius 3 is 1.75 bits per heavy atom. The maximum atomic E-state index is 12.9. The fourth-order valence-electron chi connectivity index (χ4n) is 6.06. The Balaban J connectivity index is 0.000000172. The zero-order valence-corrected chi connectivity index (χ0v) is 31.5. The van der Waals surface area contributed by atoms with Crippen molar-refractivity contribution < 1.29 is 0 Å². The SMILES string of the molecule is N#CCBr.N#CCN1CCc2nc3cc(C#Cc4ccccn4)ccc3c(=O)n2CC1.O=c1c2ccc(C#Cc3ccccn3)cc2nc2n1CCNCC2. The minimum atomic E-state index is -0.0296. The van der Waals surface area contributed by atoms with Crippen molar-refractivity contribution in [3.05, 3.63) is 140 Å². The summed E-state index contributed by atoms with van der Waals surface area (Å²) < 4.78 is 3.51. The van der Waals surface area contributed by atoms with Crippen LogP contribution in [0.3, 0.4) is 0 Å². The first-order valence-corrected chi connectivity index (χ1v) is 18.8. The van der Waals surface area contributed by atoms with Crippen molar-refractivity contribution in [1.82, 2.24) is 39.3 Å². The molecule has 0 aliphatic carbocycles. The summed E-state index contributed by atoms with van der Waals surface area (Å²) in [5.41, 5.74) is 4.42. The lowest BCUT2D eigenvalue weighted by molar-refractivity contribution is 0.312. The van der Waals surface area contributed by atoms with E-state index >= 15 is 0 Å². The predicted octanol–water partition coefficient (Wildman–Crippen LogP) is 3.81. The van der Waals surface area contributed by atoms with Crippen molar-refractivity contribution in [2.24, 2.45) is 0 Å². The van der Waals surface area contributed by atoms with Crippen LogP contribution in [0.2, 0.25) is 0 Å². The highest BCUT2D eigenvalue weighted by Crippen LogP contribution is 2.15. The summed E-state index contributed by atoms with van der Waals surface area (Å²) in [6.07, 6.45) is 4.83. The molecule has 0 saturated heterocycles. The van der Waals surface area contributed by atoms with Gasteiger partial charge in [0.1, 0.15) is 23.0 Å². The van der Waals surface area contributed by atoms with Crippen molar-refractivity contribution in [2.45, 2.75) is 25.9 Å².